The van der Waals surface area contributed by atoms with Crippen LogP contribution in [0.1, 0.15) is 21.7 Å². The van der Waals surface area contributed by atoms with Crippen molar-refractivity contribution in [2.45, 2.75) is 18.9 Å². The number of H-pyrrole nitrogens is 2. The van der Waals surface area contributed by atoms with Crippen LogP contribution in [-0.4, -0.2) is 26.8 Å². The Kier molecular flexibility index (Phi) is 3.46. The molecule has 26 heavy (non-hydrogen) atoms. The van der Waals surface area contributed by atoms with E-state index in [1.165, 1.54) is 18.4 Å². The first-order valence-corrected chi connectivity index (χ1v) is 7.74. The van der Waals surface area contributed by atoms with Crippen LogP contribution in [0.4, 0.5) is 5.69 Å². The summed E-state index contributed by atoms with van der Waals surface area (Å²) >= 11 is 0. The Labute approximate surface area is 144 Å². The van der Waals surface area contributed by atoms with Crippen molar-refractivity contribution in [2.24, 2.45) is 0 Å². The van der Waals surface area contributed by atoms with Crippen molar-refractivity contribution in [3.05, 3.63) is 72.2 Å². The summed E-state index contributed by atoms with van der Waals surface area (Å²) in [6.45, 7) is 0. The quantitative estimate of drug-likeness (QED) is 0.355. The van der Waals surface area contributed by atoms with Gasteiger partial charge in [-0.3, -0.25) is 24.5 Å². The van der Waals surface area contributed by atoms with Gasteiger partial charge in [0.2, 0.25) is 0 Å². The first-order chi connectivity index (χ1) is 12.4. The van der Waals surface area contributed by atoms with E-state index in [2.05, 4.69) is 15.3 Å². The van der Waals surface area contributed by atoms with Crippen molar-refractivity contribution in [1.29, 1.82) is 0 Å². The van der Waals surface area contributed by atoms with E-state index in [-0.39, 0.29) is 29.8 Å². The first kappa shape index (κ1) is 15.8. The van der Waals surface area contributed by atoms with Crippen LogP contribution >= 0.6 is 0 Å². The third-order valence-corrected chi connectivity index (χ3v) is 4.40. The van der Waals surface area contributed by atoms with E-state index in [4.69, 9.17) is 4.42 Å². The van der Waals surface area contributed by atoms with Gasteiger partial charge in [-0.05, 0) is 24.1 Å². The number of nitrogens with one attached hydrogen (secondary N) is 3. The molecule has 0 saturated carbocycles. The molecule has 1 aliphatic rings. The summed E-state index contributed by atoms with van der Waals surface area (Å²) in [5.41, 5.74) is -0.403. The molecule has 1 aliphatic carbocycles. The van der Waals surface area contributed by atoms with Gasteiger partial charge in [-0.1, -0.05) is 0 Å². The smallest absolute Gasteiger partial charge is 0.314 e. The zero-order valence-corrected chi connectivity index (χ0v) is 13.2. The van der Waals surface area contributed by atoms with Crippen molar-refractivity contribution in [3.8, 4) is 0 Å². The van der Waals surface area contributed by atoms with Crippen LogP contribution in [0, 0.1) is 10.1 Å². The lowest BCUT2D eigenvalue weighted by molar-refractivity contribution is -0.385. The molecule has 1 unspecified atom stereocenters. The average molecular weight is 356 g/mol. The summed E-state index contributed by atoms with van der Waals surface area (Å²) in [5.74, 6) is -0.292. The molecule has 1 amide bonds. The van der Waals surface area contributed by atoms with Crippen LogP contribution in [-0.2, 0) is 12.8 Å². The Bertz CT molecular complexity index is 1160. The van der Waals surface area contributed by atoms with E-state index in [0.717, 1.165) is 0 Å². The second-order valence-electron chi connectivity index (χ2n) is 6.00. The molecule has 10 nitrogen and oxygen atoms in total. The van der Waals surface area contributed by atoms with Gasteiger partial charge in [-0.15, -0.1) is 0 Å². The molecule has 10 heteroatoms. The minimum absolute atomic E-state index is 0.137. The van der Waals surface area contributed by atoms with Crippen LogP contribution in [0.5, 0.6) is 0 Å². The summed E-state index contributed by atoms with van der Waals surface area (Å²) in [6, 6.07) is 3.92. The van der Waals surface area contributed by atoms with E-state index >= 15 is 0 Å². The van der Waals surface area contributed by atoms with E-state index < -0.39 is 28.0 Å². The maximum Gasteiger partial charge on any atom is 0.314 e. The second kappa shape index (κ2) is 5.69. The molecule has 2 heterocycles. The zero-order chi connectivity index (χ0) is 18.4. The monoisotopic (exact) mass is 356 g/mol. The topological polar surface area (TPSA) is 151 Å². The fourth-order valence-corrected chi connectivity index (χ4v) is 3.30. The lowest BCUT2D eigenvalue weighted by Gasteiger charge is -2.10. The number of nitro groups is 1. The molecule has 4 rings (SSSR count). The van der Waals surface area contributed by atoms with Crippen molar-refractivity contribution < 1.29 is 14.1 Å². The highest BCUT2D eigenvalue weighted by molar-refractivity contribution is 5.92. The fraction of sp³-hybridized carbons (Fsp3) is 0.188. The third-order valence-electron chi connectivity index (χ3n) is 4.40. The van der Waals surface area contributed by atoms with E-state index in [1.807, 2.05) is 0 Å². The lowest BCUT2D eigenvalue weighted by atomic mass is 10.1. The summed E-state index contributed by atoms with van der Waals surface area (Å²) in [5, 5.41) is 14.2. The highest BCUT2D eigenvalue weighted by atomic mass is 16.6. The zero-order valence-electron chi connectivity index (χ0n) is 13.2. The van der Waals surface area contributed by atoms with Gasteiger partial charge in [0.25, 0.3) is 11.6 Å². The number of rotatable bonds is 3. The van der Waals surface area contributed by atoms with Crippen molar-refractivity contribution >= 4 is 22.6 Å². The molecule has 132 valence electrons. The first-order valence-electron chi connectivity index (χ1n) is 7.74. The maximum absolute atomic E-state index is 12.1. The van der Waals surface area contributed by atoms with E-state index in [9.17, 15) is 24.5 Å². The molecule has 0 spiro atoms. The van der Waals surface area contributed by atoms with Gasteiger partial charge in [-0.2, -0.15) is 0 Å². The fourth-order valence-electron chi connectivity index (χ4n) is 3.30. The molecule has 0 aliphatic heterocycles. The normalized spacial score (nSPS) is 15.8. The Morgan fingerprint density at radius 2 is 1.96 bits per heavy atom. The number of aromatic amines is 2. The second-order valence-corrected chi connectivity index (χ2v) is 6.00. The summed E-state index contributed by atoms with van der Waals surface area (Å²) < 4.78 is 5.04. The number of fused-ring (bicyclic) bond motifs is 3. The van der Waals surface area contributed by atoms with Crippen LogP contribution in [0.3, 0.4) is 0 Å². The van der Waals surface area contributed by atoms with Crippen LogP contribution < -0.4 is 16.4 Å². The number of amides is 1. The molecule has 3 N–H and O–H groups in total. The van der Waals surface area contributed by atoms with Crippen LogP contribution in [0.25, 0.3) is 11.0 Å². The SMILES string of the molecule is O=C(NC1Cc2c([N+](=O)[O-])cc3[nH]c(=O)c(=O)[nH]c3c2C1)c1ccco1. The average Bonchev–Trinajstić information content (AvgIpc) is 3.24. The minimum atomic E-state index is -0.882. The Balaban J connectivity index is 1.77. The number of hydrogen-bond donors (Lipinski definition) is 3. The summed E-state index contributed by atoms with van der Waals surface area (Å²) in [4.78, 5) is 51.0. The molecule has 1 aromatic carbocycles. The van der Waals surface area contributed by atoms with Crippen LogP contribution in [0.15, 0.2) is 38.5 Å². The molecule has 0 fully saturated rings. The number of benzene rings is 1. The summed E-state index contributed by atoms with van der Waals surface area (Å²) in [6.07, 6.45) is 1.88. The predicted octanol–water partition coefficient (Wildman–Crippen LogP) is 0.615. The third kappa shape index (κ3) is 2.48. The van der Waals surface area contributed by atoms with Gasteiger partial charge in [-0.25, -0.2) is 0 Å². The standard InChI is InChI=1S/C16H12N4O6/c21-14(12-2-1-3-26-12)17-7-4-8-9(5-7)13-10(6-11(8)20(24)25)18-15(22)16(23)19-13/h1-3,6-7H,4-5H2,(H,17,21)(H,18,22)(H,19,23). The molecule has 3 aromatic rings. The van der Waals surface area contributed by atoms with Crippen molar-refractivity contribution in [2.75, 3.05) is 0 Å². The van der Waals surface area contributed by atoms with Gasteiger partial charge >= 0.3 is 11.1 Å². The molecular formula is C16H12N4O6. The number of aromatic nitrogens is 2. The molecular weight excluding hydrogens is 344 g/mol. The Hall–Kier alpha value is -3.69. The van der Waals surface area contributed by atoms with Crippen molar-refractivity contribution in [3.63, 3.8) is 0 Å². The predicted molar refractivity (Wildman–Crippen MR) is 89.2 cm³/mol. The highest BCUT2D eigenvalue weighted by Gasteiger charge is 2.32. The molecule has 0 saturated heterocycles. The van der Waals surface area contributed by atoms with Gasteiger partial charge in [0, 0.05) is 24.1 Å². The number of nitrogens with zero attached hydrogens (tertiary/aromatic N) is 1. The number of nitro benzene ring substituents is 1. The minimum Gasteiger partial charge on any atom is -0.459 e. The Morgan fingerprint density at radius 1 is 1.23 bits per heavy atom. The number of carbonyl (C=O) groups excluding carboxylic acids is 1. The maximum atomic E-state index is 12.1. The van der Waals surface area contributed by atoms with Crippen molar-refractivity contribution in [1.82, 2.24) is 15.3 Å². The number of carbonyl (C=O) groups is 1. The largest absolute Gasteiger partial charge is 0.459 e. The molecule has 0 radical (unpaired) electrons. The molecule has 2 aromatic heterocycles. The molecule has 0 bridgehead atoms. The highest BCUT2D eigenvalue weighted by Crippen LogP contribution is 2.35. The van der Waals surface area contributed by atoms with Gasteiger partial charge in [0.15, 0.2) is 5.76 Å². The summed E-state index contributed by atoms with van der Waals surface area (Å²) in [7, 11) is 0. The Morgan fingerprint density at radius 3 is 2.65 bits per heavy atom. The van der Waals surface area contributed by atoms with Crippen LogP contribution in [0.2, 0.25) is 0 Å². The van der Waals surface area contributed by atoms with E-state index in [1.54, 1.807) is 6.07 Å². The molecule has 1 atom stereocenters. The van der Waals surface area contributed by atoms with Gasteiger partial charge < -0.3 is 19.7 Å². The number of hydrogen-bond acceptors (Lipinski definition) is 6. The van der Waals surface area contributed by atoms with Gasteiger partial charge in [0.05, 0.1) is 22.2 Å². The lowest BCUT2D eigenvalue weighted by Crippen LogP contribution is -2.35. The number of furan rings is 1. The van der Waals surface area contributed by atoms with E-state index in [0.29, 0.717) is 16.6 Å². The van der Waals surface area contributed by atoms with Gasteiger partial charge in [0.1, 0.15) is 0 Å².